The summed E-state index contributed by atoms with van der Waals surface area (Å²) in [5.74, 6) is 0.895. The molecule has 28 heavy (non-hydrogen) atoms. The monoisotopic (exact) mass is 401 g/mol. The van der Waals surface area contributed by atoms with Gasteiger partial charge in [0.25, 0.3) is 0 Å². The molecule has 0 spiro atoms. The first-order valence-corrected chi connectivity index (χ1v) is 10.8. The van der Waals surface area contributed by atoms with Crippen LogP contribution in [-0.2, 0) is 9.59 Å². The van der Waals surface area contributed by atoms with Gasteiger partial charge >= 0.3 is 0 Å². The molecule has 3 rings (SSSR count). The summed E-state index contributed by atoms with van der Waals surface area (Å²) in [6.45, 7) is 5.85. The summed E-state index contributed by atoms with van der Waals surface area (Å²) in [6, 6.07) is 7.77. The number of carbonyl (C=O) groups is 2. The summed E-state index contributed by atoms with van der Waals surface area (Å²) < 4.78 is 5.67. The smallest absolute Gasteiger partial charge is 0.229 e. The van der Waals surface area contributed by atoms with Gasteiger partial charge in [-0.3, -0.25) is 9.59 Å². The lowest BCUT2D eigenvalue weighted by molar-refractivity contribution is -0.134. The van der Waals surface area contributed by atoms with Crippen molar-refractivity contribution in [1.29, 1.82) is 0 Å². The molecule has 2 amide bonds. The molecule has 1 aliphatic rings. The highest BCUT2D eigenvalue weighted by molar-refractivity contribution is 7.14. The first kappa shape index (κ1) is 20.3. The molecule has 2 heterocycles. The number of amides is 2. The molecule has 1 aromatic heterocycles. The zero-order valence-corrected chi connectivity index (χ0v) is 17.3. The van der Waals surface area contributed by atoms with Crippen molar-refractivity contribution in [2.24, 2.45) is 5.92 Å². The second-order valence-corrected chi connectivity index (χ2v) is 7.72. The Bertz CT molecular complexity index is 813. The predicted molar refractivity (Wildman–Crippen MR) is 112 cm³/mol. The maximum absolute atomic E-state index is 12.6. The summed E-state index contributed by atoms with van der Waals surface area (Å²) >= 11 is 1.41. The summed E-state index contributed by atoms with van der Waals surface area (Å²) in [7, 11) is 0. The van der Waals surface area contributed by atoms with E-state index in [0.29, 0.717) is 44.1 Å². The van der Waals surface area contributed by atoms with Crippen LogP contribution in [0.1, 0.15) is 39.5 Å². The highest BCUT2D eigenvalue weighted by Crippen LogP contribution is 2.32. The van der Waals surface area contributed by atoms with Gasteiger partial charge in [0.2, 0.25) is 11.8 Å². The third-order valence-corrected chi connectivity index (χ3v) is 5.64. The molecule has 0 atom stereocenters. The van der Waals surface area contributed by atoms with Crippen LogP contribution >= 0.6 is 11.3 Å². The average Bonchev–Trinajstić information content (AvgIpc) is 3.17. The highest BCUT2D eigenvalue weighted by Gasteiger charge is 2.27. The molecule has 0 bridgehead atoms. The fourth-order valence-corrected chi connectivity index (χ4v) is 4.10. The first-order valence-electron chi connectivity index (χ1n) is 9.88. The summed E-state index contributed by atoms with van der Waals surface area (Å²) in [5, 5.41) is 5.47. The van der Waals surface area contributed by atoms with Crippen LogP contribution in [0.4, 0.5) is 5.13 Å². The number of aromatic nitrogens is 1. The van der Waals surface area contributed by atoms with Gasteiger partial charge in [-0.05, 0) is 38.3 Å². The van der Waals surface area contributed by atoms with Crippen molar-refractivity contribution in [2.45, 2.75) is 39.5 Å². The van der Waals surface area contributed by atoms with Crippen LogP contribution in [0.3, 0.4) is 0 Å². The van der Waals surface area contributed by atoms with E-state index >= 15 is 0 Å². The zero-order chi connectivity index (χ0) is 19.9. The molecule has 1 saturated heterocycles. The number of anilines is 1. The molecular formula is C21H27N3O3S. The summed E-state index contributed by atoms with van der Waals surface area (Å²) in [6.07, 6.45) is 2.85. The Labute approximate surface area is 169 Å². The number of para-hydroxylation sites is 1. The SMILES string of the molecule is CCCC(=O)N1CCC(C(=O)Nc2nc(-c3ccccc3OCC)cs2)CC1. The van der Waals surface area contributed by atoms with E-state index < -0.39 is 0 Å². The topological polar surface area (TPSA) is 71.5 Å². The normalized spacial score (nSPS) is 14.7. The van der Waals surface area contributed by atoms with Crippen molar-refractivity contribution in [3.8, 4) is 17.0 Å². The van der Waals surface area contributed by atoms with Crippen LogP contribution in [0.5, 0.6) is 5.75 Å². The Morgan fingerprint density at radius 1 is 1.25 bits per heavy atom. The third-order valence-electron chi connectivity index (χ3n) is 4.88. The molecule has 0 radical (unpaired) electrons. The van der Waals surface area contributed by atoms with Gasteiger partial charge in [0.05, 0.1) is 12.3 Å². The van der Waals surface area contributed by atoms with Crippen LogP contribution in [-0.4, -0.2) is 41.4 Å². The maximum atomic E-state index is 12.6. The van der Waals surface area contributed by atoms with E-state index in [9.17, 15) is 9.59 Å². The van der Waals surface area contributed by atoms with Gasteiger partial charge in [-0.15, -0.1) is 11.3 Å². The Morgan fingerprint density at radius 2 is 2.00 bits per heavy atom. The van der Waals surface area contributed by atoms with Gasteiger partial charge in [0.15, 0.2) is 5.13 Å². The third kappa shape index (κ3) is 4.90. The Balaban J connectivity index is 1.59. The lowest BCUT2D eigenvalue weighted by Gasteiger charge is -2.31. The van der Waals surface area contributed by atoms with Gasteiger partial charge in [-0.25, -0.2) is 4.98 Å². The molecule has 6 nitrogen and oxygen atoms in total. The minimum Gasteiger partial charge on any atom is -0.493 e. The number of thiazole rings is 1. The van der Waals surface area contributed by atoms with E-state index in [1.54, 1.807) is 0 Å². The second-order valence-electron chi connectivity index (χ2n) is 6.86. The minimum absolute atomic E-state index is 0.0124. The largest absolute Gasteiger partial charge is 0.493 e. The molecule has 1 fully saturated rings. The Morgan fingerprint density at radius 3 is 2.71 bits per heavy atom. The fraction of sp³-hybridized carbons (Fsp3) is 0.476. The standard InChI is InChI=1S/C21H27N3O3S/c1-3-7-19(25)24-12-10-15(11-13-24)20(26)23-21-22-17(14-28-21)16-8-5-6-9-18(16)27-4-2/h5-6,8-9,14-15H,3-4,7,10-13H2,1-2H3,(H,22,23,26). The lowest BCUT2D eigenvalue weighted by Crippen LogP contribution is -2.41. The van der Waals surface area contributed by atoms with Gasteiger partial charge in [-0.2, -0.15) is 0 Å². The number of benzene rings is 1. The minimum atomic E-state index is -0.0752. The summed E-state index contributed by atoms with van der Waals surface area (Å²) in [5.41, 5.74) is 1.72. The maximum Gasteiger partial charge on any atom is 0.229 e. The number of carbonyl (C=O) groups excluding carboxylic acids is 2. The summed E-state index contributed by atoms with van der Waals surface area (Å²) in [4.78, 5) is 31.0. The average molecular weight is 402 g/mol. The van der Waals surface area contributed by atoms with E-state index in [4.69, 9.17) is 4.74 Å². The van der Waals surface area contributed by atoms with Crippen molar-refractivity contribution in [1.82, 2.24) is 9.88 Å². The van der Waals surface area contributed by atoms with Gasteiger partial charge in [-0.1, -0.05) is 19.1 Å². The number of likely N-dealkylation sites (tertiary alicyclic amines) is 1. The number of rotatable bonds is 7. The van der Waals surface area contributed by atoms with E-state index in [-0.39, 0.29) is 17.7 Å². The van der Waals surface area contributed by atoms with Gasteiger partial charge in [0.1, 0.15) is 5.75 Å². The predicted octanol–water partition coefficient (Wildman–Crippen LogP) is 4.19. The number of hydrogen-bond acceptors (Lipinski definition) is 5. The van der Waals surface area contributed by atoms with Crippen molar-refractivity contribution in [3.05, 3.63) is 29.6 Å². The number of nitrogens with one attached hydrogen (secondary N) is 1. The Kier molecular flexibility index (Phi) is 7.03. The van der Waals surface area contributed by atoms with Crippen LogP contribution in [0.2, 0.25) is 0 Å². The van der Waals surface area contributed by atoms with Crippen molar-refractivity contribution < 1.29 is 14.3 Å². The molecule has 0 unspecified atom stereocenters. The van der Waals surface area contributed by atoms with Gasteiger partial charge < -0.3 is 15.0 Å². The molecule has 150 valence electrons. The molecule has 0 aliphatic carbocycles. The van der Waals surface area contributed by atoms with Crippen molar-refractivity contribution in [3.63, 3.8) is 0 Å². The van der Waals surface area contributed by atoms with Crippen LogP contribution < -0.4 is 10.1 Å². The van der Waals surface area contributed by atoms with E-state index in [0.717, 1.165) is 23.4 Å². The van der Waals surface area contributed by atoms with Crippen LogP contribution in [0.15, 0.2) is 29.6 Å². The molecule has 1 aromatic carbocycles. The van der Waals surface area contributed by atoms with E-state index in [1.165, 1.54) is 11.3 Å². The number of nitrogens with zero attached hydrogens (tertiary/aromatic N) is 2. The lowest BCUT2D eigenvalue weighted by atomic mass is 9.95. The van der Waals surface area contributed by atoms with Gasteiger partial charge in [0, 0.05) is 36.4 Å². The fourth-order valence-electron chi connectivity index (χ4n) is 3.38. The highest BCUT2D eigenvalue weighted by atomic mass is 32.1. The first-order chi connectivity index (χ1) is 13.6. The molecule has 1 N–H and O–H groups in total. The van der Waals surface area contributed by atoms with Crippen molar-refractivity contribution >= 4 is 28.3 Å². The number of ether oxygens (including phenoxy) is 1. The van der Waals surface area contributed by atoms with Crippen molar-refractivity contribution in [2.75, 3.05) is 25.0 Å². The number of piperidine rings is 1. The van der Waals surface area contributed by atoms with E-state index in [1.807, 2.05) is 48.4 Å². The molecule has 0 saturated carbocycles. The van der Waals surface area contributed by atoms with E-state index in [2.05, 4.69) is 10.3 Å². The molecular weight excluding hydrogens is 374 g/mol. The van der Waals surface area contributed by atoms with Crippen LogP contribution in [0, 0.1) is 5.92 Å². The Hall–Kier alpha value is -2.41. The molecule has 2 aromatic rings. The van der Waals surface area contributed by atoms with Crippen LogP contribution in [0.25, 0.3) is 11.3 Å². The second kappa shape index (κ2) is 9.68. The quantitative estimate of drug-likeness (QED) is 0.755. The number of hydrogen-bond donors (Lipinski definition) is 1. The molecule has 7 heteroatoms. The zero-order valence-electron chi connectivity index (χ0n) is 16.4. The molecule has 1 aliphatic heterocycles.